The van der Waals surface area contributed by atoms with Crippen LogP contribution in [-0.2, 0) is 9.59 Å². The fourth-order valence-corrected chi connectivity index (χ4v) is 4.50. The van der Waals surface area contributed by atoms with Crippen LogP contribution in [0.5, 0.6) is 0 Å². The van der Waals surface area contributed by atoms with Gasteiger partial charge in [0.1, 0.15) is 18.3 Å². The van der Waals surface area contributed by atoms with Gasteiger partial charge in [-0.15, -0.1) is 0 Å². The quantitative estimate of drug-likeness (QED) is 0.0923. The van der Waals surface area contributed by atoms with Crippen LogP contribution in [0.15, 0.2) is 71.3 Å². The first-order valence-electron chi connectivity index (χ1n) is 13.6. The van der Waals surface area contributed by atoms with Gasteiger partial charge in [-0.25, -0.2) is 9.78 Å². The normalized spacial score (nSPS) is 12.5. The first-order chi connectivity index (χ1) is 19.6. The summed E-state index contributed by atoms with van der Waals surface area (Å²) < 4.78 is 5.61. The lowest BCUT2D eigenvalue weighted by Gasteiger charge is -2.21. The van der Waals surface area contributed by atoms with Gasteiger partial charge in [0.05, 0.1) is 0 Å². The van der Waals surface area contributed by atoms with Gasteiger partial charge in [-0.05, 0) is 36.3 Å². The molecule has 0 spiro atoms. The number of hydrogen-bond acceptors (Lipinski definition) is 6. The Morgan fingerprint density at radius 1 is 1.00 bits per heavy atom. The average Bonchev–Trinajstić information content (AvgIpc) is 3.44. The standard InChI is InChI=1S/C30H38N6O5/c1-19(2)16-24(34-26(37)17-22(20-10-5-3-6-11-20)21-12-7-4-8-13-21)28-36-25(18-41-28)27(38)35-23(29(39)40)14-9-15-33-30(31)32/h3-8,10-13,18-19,22-24H,9,14-17H2,1-2H3,(H,34,37)(H,35,38)(H,39,40)(H4,31,32,33)/t23-,24?/m0/s1. The molecular formula is C30H38N6O5. The molecule has 2 atom stereocenters. The number of carbonyl (C=O) groups is 3. The highest BCUT2D eigenvalue weighted by atomic mass is 16.4. The van der Waals surface area contributed by atoms with Crippen molar-refractivity contribution in [2.24, 2.45) is 11.7 Å². The zero-order valence-electron chi connectivity index (χ0n) is 23.3. The first kappa shape index (κ1) is 30.9. The minimum atomic E-state index is -1.19. The minimum Gasteiger partial charge on any atom is -0.480 e. The molecule has 218 valence electrons. The summed E-state index contributed by atoms with van der Waals surface area (Å²) in [4.78, 5) is 42.1. The number of aromatic nitrogens is 1. The van der Waals surface area contributed by atoms with Crippen LogP contribution in [0, 0.1) is 11.3 Å². The van der Waals surface area contributed by atoms with Gasteiger partial charge < -0.3 is 31.2 Å². The molecule has 0 aliphatic heterocycles. The second kappa shape index (κ2) is 15.2. The Balaban J connectivity index is 1.70. The van der Waals surface area contributed by atoms with E-state index in [1.807, 2.05) is 74.5 Å². The molecule has 0 aliphatic carbocycles. The van der Waals surface area contributed by atoms with Crippen molar-refractivity contribution in [1.82, 2.24) is 20.9 Å². The number of nitrogens with one attached hydrogen (secondary N) is 4. The second-order valence-corrected chi connectivity index (χ2v) is 10.2. The third-order valence-electron chi connectivity index (χ3n) is 6.48. The van der Waals surface area contributed by atoms with Gasteiger partial charge in [0.15, 0.2) is 11.7 Å². The highest BCUT2D eigenvalue weighted by molar-refractivity contribution is 5.94. The van der Waals surface area contributed by atoms with E-state index in [4.69, 9.17) is 15.6 Å². The largest absolute Gasteiger partial charge is 0.480 e. The van der Waals surface area contributed by atoms with E-state index in [0.29, 0.717) is 19.4 Å². The fraction of sp³-hybridized carbons (Fsp3) is 0.367. The molecule has 1 heterocycles. The summed E-state index contributed by atoms with van der Waals surface area (Å²) >= 11 is 0. The zero-order chi connectivity index (χ0) is 29.8. The van der Waals surface area contributed by atoms with Crippen LogP contribution in [0.4, 0.5) is 0 Å². The van der Waals surface area contributed by atoms with Gasteiger partial charge in [-0.2, -0.15) is 0 Å². The highest BCUT2D eigenvalue weighted by Gasteiger charge is 2.27. The van der Waals surface area contributed by atoms with E-state index in [2.05, 4.69) is 20.9 Å². The van der Waals surface area contributed by atoms with E-state index < -0.39 is 24.0 Å². The van der Waals surface area contributed by atoms with Crippen LogP contribution in [0.3, 0.4) is 0 Å². The molecule has 1 aromatic heterocycles. The summed E-state index contributed by atoms with van der Waals surface area (Å²) in [6.07, 6.45) is 2.39. The molecule has 0 fully saturated rings. The number of aliphatic carboxylic acids is 1. The van der Waals surface area contributed by atoms with Gasteiger partial charge in [-0.3, -0.25) is 15.0 Å². The third-order valence-corrected chi connectivity index (χ3v) is 6.48. The number of oxazole rings is 1. The molecule has 41 heavy (non-hydrogen) atoms. The van der Waals surface area contributed by atoms with Crippen molar-refractivity contribution in [3.63, 3.8) is 0 Å². The topological polar surface area (TPSA) is 183 Å². The Labute approximate surface area is 239 Å². The van der Waals surface area contributed by atoms with Crippen LogP contribution in [-0.4, -0.2) is 46.4 Å². The predicted octanol–water partition coefficient (Wildman–Crippen LogP) is 3.55. The molecule has 2 aromatic carbocycles. The number of carbonyl (C=O) groups excluding carboxylic acids is 2. The van der Waals surface area contributed by atoms with Crippen LogP contribution in [0.1, 0.15) is 79.0 Å². The molecular weight excluding hydrogens is 524 g/mol. The maximum absolute atomic E-state index is 13.3. The monoisotopic (exact) mass is 562 g/mol. The molecule has 0 saturated carbocycles. The number of hydrogen-bond donors (Lipinski definition) is 6. The van der Waals surface area contributed by atoms with Gasteiger partial charge in [0.25, 0.3) is 5.91 Å². The summed E-state index contributed by atoms with van der Waals surface area (Å²) in [5.41, 5.74) is 7.19. The van der Waals surface area contributed by atoms with Crippen molar-refractivity contribution in [1.29, 1.82) is 5.41 Å². The molecule has 3 rings (SSSR count). The predicted molar refractivity (Wildman–Crippen MR) is 154 cm³/mol. The molecule has 0 bridgehead atoms. The first-order valence-corrected chi connectivity index (χ1v) is 13.6. The van der Waals surface area contributed by atoms with Crippen LogP contribution < -0.4 is 21.7 Å². The summed E-state index contributed by atoms with van der Waals surface area (Å²) in [5.74, 6) is -2.09. The zero-order valence-corrected chi connectivity index (χ0v) is 23.3. The lowest BCUT2D eigenvalue weighted by Crippen LogP contribution is -2.41. The smallest absolute Gasteiger partial charge is 0.326 e. The number of benzene rings is 2. The Hall–Kier alpha value is -4.67. The number of carboxylic acid groups (broad SMARTS) is 1. The van der Waals surface area contributed by atoms with E-state index in [1.165, 1.54) is 0 Å². The molecule has 11 heteroatoms. The highest BCUT2D eigenvalue weighted by Crippen LogP contribution is 2.29. The fourth-order valence-electron chi connectivity index (χ4n) is 4.50. The van der Waals surface area contributed by atoms with Crippen molar-refractivity contribution in [2.75, 3.05) is 6.54 Å². The summed E-state index contributed by atoms with van der Waals surface area (Å²) in [6.45, 7) is 4.31. The van der Waals surface area contributed by atoms with Gasteiger partial charge >= 0.3 is 5.97 Å². The number of rotatable bonds is 15. The molecule has 7 N–H and O–H groups in total. The molecule has 2 amide bonds. The molecule has 11 nitrogen and oxygen atoms in total. The number of guanidine groups is 1. The lowest BCUT2D eigenvalue weighted by atomic mass is 9.88. The summed E-state index contributed by atoms with van der Waals surface area (Å²) in [7, 11) is 0. The maximum atomic E-state index is 13.3. The summed E-state index contributed by atoms with van der Waals surface area (Å²) in [6, 6.07) is 17.9. The summed E-state index contributed by atoms with van der Waals surface area (Å²) in [5, 5.41) is 24.8. The van der Waals surface area contributed by atoms with E-state index in [1.54, 1.807) is 0 Å². The van der Waals surface area contributed by atoms with E-state index >= 15 is 0 Å². The Kier molecular flexibility index (Phi) is 11.4. The van der Waals surface area contributed by atoms with E-state index in [9.17, 15) is 19.5 Å². The van der Waals surface area contributed by atoms with Crippen molar-refractivity contribution < 1.29 is 23.9 Å². The van der Waals surface area contributed by atoms with Gasteiger partial charge in [0, 0.05) is 18.9 Å². The molecule has 0 saturated heterocycles. The SMILES string of the molecule is CC(C)CC(NC(=O)CC(c1ccccc1)c1ccccc1)c1nc(C(=O)N[C@@H](CCCNC(=N)N)C(=O)O)co1. The van der Waals surface area contributed by atoms with Crippen LogP contribution in [0.2, 0.25) is 0 Å². The van der Waals surface area contributed by atoms with Crippen molar-refractivity contribution in [2.45, 2.75) is 57.5 Å². The molecule has 0 aliphatic rings. The lowest BCUT2D eigenvalue weighted by molar-refractivity contribution is -0.139. The molecule has 1 unspecified atom stereocenters. The van der Waals surface area contributed by atoms with E-state index in [0.717, 1.165) is 17.4 Å². The minimum absolute atomic E-state index is 0.0810. The average molecular weight is 563 g/mol. The maximum Gasteiger partial charge on any atom is 0.326 e. The van der Waals surface area contributed by atoms with Gasteiger partial charge in [0.2, 0.25) is 11.8 Å². The number of carboxylic acids is 1. The number of nitrogens with zero attached hydrogens (tertiary/aromatic N) is 1. The van der Waals surface area contributed by atoms with E-state index in [-0.39, 0.29) is 48.1 Å². The van der Waals surface area contributed by atoms with Crippen molar-refractivity contribution >= 4 is 23.7 Å². The molecule has 0 radical (unpaired) electrons. The Morgan fingerprint density at radius 2 is 1.61 bits per heavy atom. The number of amides is 2. The molecule has 3 aromatic rings. The number of nitrogens with two attached hydrogens (primary N) is 1. The van der Waals surface area contributed by atoms with Crippen molar-refractivity contribution in [3.05, 3.63) is 89.6 Å². The Bertz CT molecular complexity index is 1260. The van der Waals surface area contributed by atoms with Gasteiger partial charge in [-0.1, -0.05) is 74.5 Å². The van der Waals surface area contributed by atoms with Crippen LogP contribution >= 0.6 is 0 Å². The Morgan fingerprint density at radius 3 is 2.15 bits per heavy atom. The third kappa shape index (κ3) is 9.79. The van der Waals surface area contributed by atoms with Crippen molar-refractivity contribution in [3.8, 4) is 0 Å². The second-order valence-electron chi connectivity index (χ2n) is 10.2. The van der Waals surface area contributed by atoms with Crippen LogP contribution in [0.25, 0.3) is 0 Å².